The summed E-state index contributed by atoms with van der Waals surface area (Å²) in [5.41, 5.74) is 5.51. The van der Waals surface area contributed by atoms with Gasteiger partial charge in [-0.05, 0) is 66.9 Å². The molecule has 0 saturated carbocycles. The number of alkyl halides is 3. The van der Waals surface area contributed by atoms with E-state index in [1.165, 1.54) is 12.1 Å². The third-order valence-corrected chi connectivity index (χ3v) is 6.01. The van der Waals surface area contributed by atoms with Crippen LogP contribution in [-0.4, -0.2) is 20.9 Å². The molecule has 5 rings (SSSR count). The third kappa shape index (κ3) is 4.57. The van der Waals surface area contributed by atoms with Crippen molar-refractivity contribution in [2.45, 2.75) is 20.0 Å². The van der Waals surface area contributed by atoms with Gasteiger partial charge in [0.15, 0.2) is 0 Å². The van der Waals surface area contributed by atoms with E-state index < -0.39 is 11.7 Å². The van der Waals surface area contributed by atoms with Gasteiger partial charge < -0.3 is 10.3 Å². The molecule has 2 aromatic heterocycles. The van der Waals surface area contributed by atoms with Gasteiger partial charge in [-0.15, -0.1) is 0 Å². The molecule has 0 spiro atoms. The van der Waals surface area contributed by atoms with Gasteiger partial charge in [0.1, 0.15) is 5.82 Å². The highest BCUT2D eigenvalue weighted by Crippen LogP contribution is 2.31. The average molecular weight is 486 g/mol. The van der Waals surface area contributed by atoms with Gasteiger partial charge in [0, 0.05) is 17.3 Å². The van der Waals surface area contributed by atoms with Gasteiger partial charge in [0.05, 0.1) is 28.0 Å². The van der Waals surface area contributed by atoms with E-state index in [0.717, 1.165) is 34.3 Å². The van der Waals surface area contributed by atoms with E-state index in [2.05, 4.69) is 20.3 Å². The summed E-state index contributed by atoms with van der Waals surface area (Å²) in [6.45, 7) is 3.59. The zero-order chi connectivity index (χ0) is 25.4. The fraction of sp³-hybridized carbons (Fsp3) is 0.107. The van der Waals surface area contributed by atoms with Crippen LogP contribution in [0.3, 0.4) is 0 Å². The number of pyridine rings is 1. The minimum Gasteiger partial charge on any atom is -0.338 e. The number of aromatic amines is 1. The molecule has 5 nitrogen and oxygen atoms in total. The summed E-state index contributed by atoms with van der Waals surface area (Å²) >= 11 is 0. The van der Waals surface area contributed by atoms with Crippen LogP contribution in [0.5, 0.6) is 0 Å². The van der Waals surface area contributed by atoms with E-state index in [1.54, 1.807) is 38.2 Å². The van der Waals surface area contributed by atoms with Crippen LogP contribution in [0.25, 0.3) is 33.5 Å². The average Bonchev–Trinajstić information content (AvgIpc) is 3.29. The van der Waals surface area contributed by atoms with Crippen molar-refractivity contribution >= 4 is 22.6 Å². The first-order valence-electron chi connectivity index (χ1n) is 11.2. The number of fused-ring (bicyclic) bond motifs is 1. The second-order valence-electron chi connectivity index (χ2n) is 8.52. The number of imidazole rings is 1. The lowest BCUT2D eigenvalue weighted by molar-refractivity contribution is -0.137. The summed E-state index contributed by atoms with van der Waals surface area (Å²) < 4.78 is 38.6. The van der Waals surface area contributed by atoms with Crippen LogP contribution in [0.15, 0.2) is 79.0 Å². The second kappa shape index (κ2) is 8.96. The number of para-hydroxylation sites is 2. The van der Waals surface area contributed by atoms with Gasteiger partial charge in [0.25, 0.3) is 5.91 Å². The van der Waals surface area contributed by atoms with Crippen LogP contribution in [-0.2, 0) is 6.18 Å². The van der Waals surface area contributed by atoms with Crippen molar-refractivity contribution in [1.82, 2.24) is 15.0 Å². The van der Waals surface area contributed by atoms with E-state index >= 15 is 0 Å². The number of amides is 1. The van der Waals surface area contributed by atoms with Crippen molar-refractivity contribution in [3.05, 3.63) is 101 Å². The highest BCUT2D eigenvalue weighted by Gasteiger charge is 2.30. The quantitative estimate of drug-likeness (QED) is 0.283. The Kier molecular flexibility index (Phi) is 5.80. The van der Waals surface area contributed by atoms with Crippen LogP contribution in [0.1, 0.15) is 27.2 Å². The SMILES string of the molecule is Cc1cc(-c2ccc(C(F)(F)F)cc2)ccc1C(=O)Nc1cc(-c2nc3ccccc3[nH]2)cnc1C. The minimum absolute atomic E-state index is 0.307. The summed E-state index contributed by atoms with van der Waals surface area (Å²) in [7, 11) is 0. The van der Waals surface area contributed by atoms with Crippen molar-refractivity contribution in [3.63, 3.8) is 0 Å². The summed E-state index contributed by atoms with van der Waals surface area (Å²) in [4.78, 5) is 25.4. The first kappa shape index (κ1) is 23.3. The summed E-state index contributed by atoms with van der Waals surface area (Å²) in [5.74, 6) is 0.342. The Labute approximate surface area is 205 Å². The molecule has 0 aliphatic carbocycles. The molecular formula is C28H21F3N4O. The van der Waals surface area contributed by atoms with Gasteiger partial charge >= 0.3 is 6.18 Å². The standard InChI is InChI=1S/C28H21F3N4O/c1-16-13-19(18-7-10-21(11-8-18)28(29,30)31)9-12-22(16)27(36)35-25-14-20(15-32-17(25)2)26-33-23-5-3-4-6-24(23)34-26/h3-15H,1-2H3,(H,33,34)(H,35,36). The Morgan fingerprint density at radius 3 is 2.31 bits per heavy atom. The molecule has 0 saturated heterocycles. The first-order valence-corrected chi connectivity index (χ1v) is 11.2. The molecule has 8 heteroatoms. The topological polar surface area (TPSA) is 70.7 Å². The largest absolute Gasteiger partial charge is 0.416 e. The number of carbonyl (C=O) groups excluding carboxylic acids is 1. The molecule has 180 valence electrons. The number of nitrogens with one attached hydrogen (secondary N) is 2. The fourth-order valence-corrected chi connectivity index (χ4v) is 4.02. The Bertz CT molecular complexity index is 1550. The first-order chi connectivity index (χ1) is 17.2. The third-order valence-electron chi connectivity index (χ3n) is 6.01. The molecule has 0 radical (unpaired) electrons. The molecule has 0 aliphatic heterocycles. The molecule has 2 N–H and O–H groups in total. The van der Waals surface area contributed by atoms with Gasteiger partial charge in [0.2, 0.25) is 0 Å². The number of aryl methyl sites for hydroxylation is 2. The van der Waals surface area contributed by atoms with Crippen molar-refractivity contribution in [3.8, 4) is 22.5 Å². The van der Waals surface area contributed by atoms with Crippen LogP contribution < -0.4 is 5.32 Å². The van der Waals surface area contributed by atoms with Gasteiger partial charge in [-0.3, -0.25) is 9.78 Å². The van der Waals surface area contributed by atoms with Gasteiger partial charge in [-0.1, -0.05) is 36.4 Å². The van der Waals surface area contributed by atoms with Crippen LogP contribution in [0, 0.1) is 13.8 Å². The predicted molar refractivity (Wildman–Crippen MR) is 134 cm³/mol. The minimum atomic E-state index is -4.38. The molecule has 0 unspecified atom stereocenters. The number of carbonyl (C=O) groups is 1. The zero-order valence-corrected chi connectivity index (χ0v) is 19.4. The maximum atomic E-state index is 13.1. The molecule has 0 fully saturated rings. The molecule has 5 aromatic rings. The van der Waals surface area contributed by atoms with E-state index in [0.29, 0.717) is 33.9 Å². The number of hydrogen-bond donors (Lipinski definition) is 2. The van der Waals surface area contributed by atoms with E-state index in [1.807, 2.05) is 30.3 Å². The zero-order valence-electron chi connectivity index (χ0n) is 19.4. The van der Waals surface area contributed by atoms with Crippen molar-refractivity contribution in [1.29, 1.82) is 0 Å². The van der Waals surface area contributed by atoms with Gasteiger partial charge in [-0.25, -0.2) is 4.98 Å². The van der Waals surface area contributed by atoms with Crippen molar-refractivity contribution < 1.29 is 18.0 Å². The predicted octanol–water partition coefficient (Wildman–Crippen LogP) is 7.18. The van der Waals surface area contributed by atoms with Gasteiger partial charge in [-0.2, -0.15) is 13.2 Å². The Hall–Kier alpha value is -4.46. The van der Waals surface area contributed by atoms with Crippen LogP contribution in [0.4, 0.5) is 18.9 Å². The van der Waals surface area contributed by atoms with E-state index in [-0.39, 0.29) is 5.91 Å². The lowest BCUT2D eigenvalue weighted by Crippen LogP contribution is -2.14. The summed E-state index contributed by atoms with van der Waals surface area (Å²) in [5, 5.41) is 2.93. The molecule has 0 aliphatic rings. The number of rotatable bonds is 4. The Morgan fingerprint density at radius 1 is 0.889 bits per heavy atom. The number of nitrogens with zero attached hydrogens (tertiary/aromatic N) is 2. The van der Waals surface area contributed by atoms with E-state index in [4.69, 9.17) is 0 Å². The number of halogens is 3. The number of hydrogen-bond acceptors (Lipinski definition) is 3. The highest BCUT2D eigenvalue weighted by atomic mass is 19.4. The fourth-order valence-electron chi connectivity index (χ4n) is 4.02. The second-order valence-corrected chi connectivity index (χ2v) is 8.52. The molecular weight excluding hydrogens is 465 g/mol. The maximum Gasteiger partial charge on any atom is 0.416 e. The smallest absolute Gasteiger partial charge is 0.338 e. The molecule has 2 heterocycles. The molecule has 0 atom stereocenters. The lowest BCUT2D eigenvalue weighted by Gasteiger charge is -2.12. The number of aromatic nitrogens is 3. The van der Waals surface area contributed by atoms with Crippen molar-refractivity contribution in [2.75, 3.05) is 5.32 Å². The Morgan fingerprint density at radius 2 is 1.61 bits per heavy atom. The van der Waals surface area contributed by atoms with Crippen LogP contribution >= 0.6 is 0 Å². The lowest BCUT2D eigenvalue weighted by atomic mass is 9.98. The molecule has 36 heavy (non-hydrogen) atoms. The van der Waals surface area contributed by atoms with Crippen LogP contribution in [0.2, 0.25) is 0 Å². The monoisotopic (exact) mass is 486 g/mol. The highest BCUT2D eigenvalue weighted by molar-refractivity contribution is 6.06. The number of anilines is 1. The summed E-state index contributed by atoms with van der Waals surface area (Å²) in [6.07, 6.45) is -2.68. The molecule has 1 amide bonds. The summed E-state index contributed by atoms with van der Waals surface area (Å²) in [6, 6.07) is 19.6. The number of H-pyrrole nitrogens is 1. The van der Waals surface area contributed by atoms with Crippen molar-refractivity contribution in [2.24, 2.45) is 0 Å². The normalized spacial score (nSPS) is 11.6. The Balaban J connectivity index is 1.38. The van der Waals surface area contributed by atoms with E-state index in [9.17, 15) is 18.0 Å². The molecule has 0 bridgehead atoms. The molecule has 3 aromatic carbocycles. The number of benzene rings is 3. The maximum absolute atomic E-state index is 13.1.